The second-order valence-electron chi connectivity index (χ2n) is 11.6. The molecule has 0 saturated carbocycles. The lowest BCUT2D eigenvalue weighted by Gasteiger charge is -2.35. The largest absolute Gasteiger partial charge is 0.326 e. The molecule has 7 heteroatoms. The van der Waals surface area contributed by atoms with E-state index in [1.54, 1.807) is 0 Å². The summed E-state index contributed by atoms with van der Waals surface area (Å²) in [4.78, 5) is 35.3. The summed E-state index contributed by atoms with van der Waals surface area (Å²) in [7, 11) is 0. The molecule has 40 heavy (non-hydrogen) atoms. The van der Waals surface area contributed by atoms with Crippen LogP contribution in [0.4, 0.5) is 11.4 Å². The number of nitrogens with zero attached hydrogens (tertiary/aromatic N) is 3. The lowest BCUT2D eigenvalue weighted by Crippen LogP contribution is -2.40. The van der Waals surface area contributed by atoms with Crippen LogP contribution in [0.2, 0.25) is 0 Å². The average Bonchev–Trinajstić information content (AvgIpc) is 2.98. The Hall–Kier alpha value is -3.03. The van der Waals surface area contributed by atoms with Gasteiger partial charge in [0.15, 0.2) is 0 Å². The van der Waals surface area contributed by atoms with Gasteiger partial charge in [0, 0.05) is 60.2 Å². The van der Waals surface area contributed by atoms with Gasteiger partial charge in [0.05, 0.1) is 11.0 Å². The molecule has 0 aliphatic carbocycles. The number of nitrogens with one attached hydrogen (secondary N) is 2. The number of benzene rings is 2. The van der Waals surface area contributed by atoms with Gasteiger partial charge in [-0.25, -0.2) is 4.98 Å². The maximum absolute atomic E-state index is 12.7. The van der Waals surface area contributed by atoms with Crippen molar-refractivity contribution in [2.75, 3.05) is 36.8 Å². The van der Waals surface area contributed by atoms with Gasteiger partial charge in [-0.05, 0) is 81.9 Å². The van der Waals surface area contributed by atoms with Gasteiger partial charge in [0.2, 0.25) is 11.8 Å². The lowest BCUT2D eigenvalue weighted by molar-refractivity contribution is -0.117. The molecule has 5 rings (SSSR count). The summed E-state index contributed by atoms with van der Waals surface area (Å²) in [5, 5.41) is 8.19. The van der Waals surface area contributed by atoms with Gasteiger partial charge in [-0.2, -0.15) is 0 Å². The van der Waals surface area contributed by atoms with Crippen LogP contribution in [-0.4, -0.2) is 64.9 Å². The minimum Gasteiger partial charge on any atom is -0.326 e. The smallest absolute Gasteiger partial charge is 0.225 e. The van der Waals surface area contributed by atoms with Crippen molar-refractivity contribution >= 4 is 45.0 Å². The summed E-state index contributed by atoms with van der Waals surface area (Å²) in [5.41, 5.74) is 3.18. The molecule has 0 radical (unpaired) electrons. The normalized spacial score (nSPS) is 20.6. The van der Waals surface area contributed by atoms with Crippen molar-refractivity contribution in [1.82, 2.24) is 14.8 Å². The van der Waals surface area contributed by atoms with Crippen molar-refractivity contribution < 1.29 is 9.59 Å². The topological polar surface area (TPSA) is 77.6 Å². The molecule has 7 nitrogen and oxygen atoms in total. The van der Waals surface area contributed by atoms with E-state index in [0.717, 1.165) is 72.2 Å². The maximum Gasteiger partial charge on any atom is 0.225 e. The van der Waals surface area contributed by atoms with Crippen molar-refractivity contribution in [3.05, 3.63) is 42.5 Å². The first-order chi connectivity index (χ1) is 19.5. The molecular formula is C33H45N5O2. The molecule has 0 spiro atoms. The number of amides is 2. The summed E-state index contributed by atoms with van der Waals surface area (Å²) >= 11 is 0. The molecule has 2 amide bonds. The van der Waals surface area contributed by atoms with Crippen molar-refractivity contribution in [2.45, 2.75) is 90.1 Å². The third kappa shape index (κ3) is 7.18. The Bertz CT molecular complexity index is 1230. The van der Waals surface area contributed by atoms with Crippen LogP contribution in [0.25, 0.3) is 21.8 Å². The molecule has 2 aromatic carbocycles. The Kier molecular flexibility index (Phi) is 9.66. The zero-order valence-electron chi connectivity index (χ0n) is 24.3. The van der Waals surface area contributed by atoms with E-state index in [-0.39, 0.29) is 11.8 Å². The van der Waals surface area contributed by atoms with E-state index < -0.39 is 0 Å². The van der Waals surface area contributed by atoms with Crippen molar-refractivity contribution in [1.29, 1.82) is 0 Å². The highest BCUT2D eigenvalue weighted by Crippen LogP contribution is 2.26. The maximum atomic E-state index is 12.7. The van der Waals surface area contributed by atoms with Gasteiger partial charge in [0.25, 0.3) is 0 Å². The van der Waals surface area contributed by atoms with Gasteiger partial charge in [-0.1, -0.05) is 38.8 Å². The summed E-state index contributed by atoms with van der Waals surface area (Å²) in [6.07, 6.45) is 10.8. The Morgan fingerprint density at radius 2 is 1.20 bits per heavy atom. The van der Waals surface area contributed by atoms with Crippen LogP contribution in [0.3, 0.4) is 0 Å². The van der Waals surface area contributed by atoms with E-state index >= 15 is 0 Å². The van der Waals surface area contributed by atoms with Gasteiger partial charge in [-0.15, -0.1) is 0 Å². The number of carbonyl (C=O) groups is 2. The highest BCUT2D eigenvalue weighted by molar-refractivity contribution is 5.99. The van der Waals surface area contributed by atoms with Crippen LogP contribution >= 0.6 is 0 Å². The molecule has 214 valence electrons. The van der Waals surface area contributed by atoms with E-state index in [9.17, 15) is 9.59 Å². The number of piperidine rings is 2. The van der Waals surface area contributed by atoms with E-state index in [0.29, 0.717) is 24.9 Å². The number of hydrogen-bond acceptors (Lipinski definition) is 5. The SMILES string of the molecule is CC[C@@H]1CCCCN1CCC(=O)Nc1ccc2cc3ccc(NC(=O)CCN4CCCC[C@H]4CC)cc3nc2c1. The number of aromatic nitrogens is 1. The van der Waals surface area contributed by atoms with E-state index in [4.69, 9.17) is 4.98 Å². The summed E-state index contributed by atoms with van der Waals surface area (Å²) < 4.78 is 0. The predicted molar refractivity (Wildman–Crippen MR) is 165 cm³/mol. The quantitative estimate of drug-likeness (QED) is 0.283. The van der Waals surface area contributed by atoms with Crippen LogP contribution in [-0.2, 0) is 9.59 Å². The fraction of sp³-hybridized carbons (Fsp3) is 0.545. The molecule has 2 atom stereocenters. The zero-order valence-corrected chi connectivity index (χ0v) is 24.3. The Morgan fingerprint density at radius 1 is 0.725 bits per heavy atom. The third-order valence-corrected chi connectivity index (χ3v) is 8.87. The molecule has 2 fully saturated rings. The number of pyridine rings is 1. The molecule has 1 aromatic heterocycles. The van der Waals surface area contributed by atoms with E-state index in [1.165, 1.54) is 38.5 Å². The second-order valence-corrected chi connectivity index (χ2v) is 11.6. The number of rotatable bonds is 10. The van der Waals surface area contributed by atoms with Crippen LogP contribution in [0, 0.1) is 0 Å². The Balaban J connectivity index is 1.20. The Labute approximate surface area is 238 Å². The summed E-state index contributed by atoms with van der Waals surface area (Å²) in [6, 6.07) is 15.1. The minimum absolute atomic E-state index is 0.0420. The lowest BCUT2D eigenvalue weighted by atomic mass is 10.00. The van der Waals surface area contributed by atoms with Crippen molar-refractivity contribution in [3.8, 4) is 0 Å². The predicted octanol–water partition coefficient (Wildman–Crippen LogP) is 6.57. The zero-order chi connectivity index (χ0) is 27.9. The second kappa shape index (κ2) is 13.6. The molecule has 2 saturated heterocycles. The summed E-state index contributed by atoms with van der Waals surface area (Å²) in [6.45, 7) is 8.30. The number of anilines is 2. The standard InChI is InChI=1S/C33H45N5O2/c1-3-28-9-5-7-17-37(28)19-15-32(39)34-26-13-11-24-21-25-12-14-27(23-31(25)36-30(24)22-26)35-33(40)16-20-38-18-8-6-10-29(38)4-2/h11-14,21-23,28-29H,3-10,15-20H2,1-2H3,(H,34,39)(H,35,40)/t28-,29-/m1/s1. The molecule has 3 heterocycles. The third-order valence-electron chi connectivity index (χ3n) is 8.87. The fourth-order valence-corrected chi connectivity index (χ4v) is 6.55. The first kappa shape index (κ1) is 28.5. The molecule has 0 bridgehead atoms. The van der Waals surface area contributed by atoms with Crippen molar-refractivity contribution in [2.24, 2.45) is 0 Å². The van der Waals surface area contributed by atoms with Crippen LogP contribution in [0.5, 0.6) is 0 Å². The van der Waals surface area contributed by atoms with Gasteiger partial charge < -0.3 is 10.6 Å². The minimum atomic E-state index is 0.0420. The number of hydrogen-bond donors (Lipinski definition) is 2. The molecule has 3 aromatic rings. The number of likely N-dealkylation sites (tertiary alicyclic amines) is 2. The summed E-state index contributed by atoms with van der Waals surface area (Å²) in [5.74, 6) is 0.0840. The number of carbonyl (C=O) groups excluding carboxylic acids is 2. The average molecular weight is 544 g/mol. The molecule has 2 N–H and O–H groups in total. The first-order valence-electron chi connectivity index (χ1n) is 15.4. The van der Waals surface area contributed by atoms with Gasteiger partial charge in [-0.3, -0.25) is 19.4 Å². The monoisotopic (exact) mass is 543 g/mol. The molecule has 2 aliphatic heterocycles. The van der Waals surface area contributed by atoms with E-state index in [1.807, 2.05) is 36.4 Å². The molecule has 0 unspecified atom stereocenters. The van der Waals surface area contributed by atoms with Crippen molar-refractivity contribution in [3.63, 3.8) is 0 Å². The highest BCUT2D eigenvalue weighted by atomic mass is 16.2. The first-order valence-corrected chi connectivity index (χ1v) is 15.4. The molecular weight excluding hydrogens is 498 g/mol. The van der Waals surface area contributed by atoms with Gasteiger partial charge >= 0.3 is 0 Å². The van der Waals surface area contributed by atoms with Gasteiger partial charge in [0.1, 0.15) is 0 Å². The number of fused-ring (bicyclic) bond motifs is 2. The molecule has 2 aliphatic rings. The van der Waals surface area contributed by atoms with Crippen LogP contribution < -0.4 is 10.6 Å². The van der Waals surface area contributed by atoms with E-state index in [2.05, 4.69) is 40.3 Å². The van der Waals surface area contributed by atoms with Crippen LogP contribution in [0.1, 0.15) is 78.1 Å². The highest BCUT2D eigenvalue weighted by Gasteiger charge is 2.22. The Morgan fingerprint density at radius 3 is 1.65 bits per heavy atom. The fourth-order valence-electron chi connectivity index (χ4n) is 6.55. The van der Waals surface area contributed by atoms with Crippen LogP contribution in [0.15, 0.2) is 42.5 Å².